The van der Waals surface area contributed by atoms with Crippen molar-refractivity contribution in [1.29, 1.82) is 0 Å². The maximum absolute atomic E-state index is 11.2. The lowest BCUT2D eigenvalue weighted by atomic mass is 10.2. The first kappa shape index (κ1) is 11.7. The average Bonchev–Trinajstić information content (AvgIpc) is 2.25. The van der Waals surface area contributed by atoms with E-state index in [2.05, 4.69) is 0 Å². The van der Waals surface area contributed by atoms with Gasteiger partial charge >= 0.3 is 0 Å². The second-order valence-corrected chi connectivity index (χ2v) is 3.58. The van der Waals surface area contributed by atoms with Crippen LogP contribution in [0.3, 0.4) is 0 Å². The van der Waals surface area contributed by atoms with Crippen LogP contribution in [-0.2, 0) is 16.1 Å². The van der Waals surface area contributed by atoms with E-state index in [1.54, 1.807) is 19.0 Å². The highest BCUT2D eigenvalue weighted by Gasteiger charge is 2.02. The molecule has 3 nitrogen and oxygen atoms in total. The highest BCUT2D eigenvalue weighted by Crippen LogP contribution is 2.01. The minimum absolute atomic E-state index is 0.100. The van der Waals surface area contributed by atoms with Crippen LogP contribution in [-0.4, -0.2) is 31.5 Å². The Kier molecular flexibility index (Phi) is 4.84. The van der Waals surface area contributed by atoms with Gasteiger partial charge in [0, 0.05) is 14.1 Å². The molecule has 0 aliphatic heterocycles. The fraction of sp³-hybridized carbons (Fsp3) is 0.417. The van der Waals surface area contributed by atoms with Gasteiger partial charge in [0.05, 0.1) is 19.6 Å². The Hall–Kier alpha value is -1.35. The SMILES string of the molecule is CN(C)C(=O)CCOCc1ccccc1. The summed E-state index contributed by atoms with van der Waals surface area (Å²) in [5.74, 6) is 0.100. The molecule has 0 atom stereocenters. The molecule has 0 bridgehead atoms. The minimum Gasteiger partial charge on any atom is -0.376 e. The van der Waals surface area contributed by atoms with Crippen LogP contribution in [0.5, 0.6) is 0 Å². The summed E-state index contributed by atoms with van der Waals surface area (Å²) in [6.45, 7) is 1.05. The molecule has 15 heavy (non-hydrogen) atoms. The predicted octanol–water partition coefficient (Wildman–Crippen LogP) is 1.68. The van der Waals surface area contributed by atoms with Crippen LogP contribution in [0, 0.1) is 0 Å². The molecule has 0 aliphatic rings. The van der Waals surface area contributed by atoms with Gasteiger partial charge in [0.2, 0.25) is 5.91 Å². The summed E-state index contributed by atoms with van der Waals surface area (Å²) in [7, 11) is 3.50. The fourth-order valence-electron chi connectivity index (χ4n) is 1.15. The van der Waals surface area contributed by atoms with Crippen LogP contribution in [0.15, 0.2) is 30.3 Å². The van der Waals surface area contributed by atoms with E-state index in [9.17, 15) is 4.79 Å². The van der Waals surface area contributed by atoms with E-state index in [0.29, 0.717) is 19.6 Å². The molecule has 3 heteroatoms. The van der Waals surface area contributed by atoms with E-state index in [1.807, 2.05) is 30.3 Å². The standard InChI is InChI=1S/C12H17NO2/c1-13(2)12(14)8-9-15-10-11-6-4-3-5-7-11/h3-7H,8-10H2,1-2H3. The number of ether oxygens (including phenoxy) is 1. The number of hydrogen-bond acceptors (Lipinski definition) is 2. The molecule has 0 saturated carbocycles. The topological polar surface area (TPSA) is 29.5 Å². The zero-order chi connectivity index (χ0) is 11.1. The van der Waals surface area contributed by atoms with Gasteiger partial charge in [-0.15, -0.1) is 0 Å². The first-order valence-corrected chi connectivity index (χ1v) is 5.02. The summed E-state index contributed by atoms with van der Waals surface area (Å²) in [5.41, 5.74) is 1.13. The Bertz CT molecular complexity index is 296. The van der Waals surface area contributed by atoms with Crippen molar-refractivity contribution >= 4 is 5.91 Å². The fourth-order valence-corrected chi connectivity index (χ4v) is 1.15. The second kappa shape index (κ2) is 6.19. The third-order valence-electron chi connectivity index (χ3n) is 2.07. The van der Waals surface area contributed by atoms with Crippen molar-refractivity contribution in [1.82, 2.24) is 4.90 Å². The van der Waals surface area contributed by atoms with Crippen molar-refractivity contribution in [2.45, 2.75) is 13.0 Å². The lowest BCUT2D eigenvalue weighted by Gasteiger charge is -2.10. The molecule has 0 unspecified atom stereocenters. The van der Waals surface area contributed by atoms with Gasteiger partial charge in [-0.3, -0.25) is 4.79 Å². The minimum atomic E-state index is 0.100. The third-order valence-corrected chi connectivity index (χ3v) is 2.07. The van der Waals surface area contributed by atoms with E-state index in [-0.39, 0.29) is 5.91 Å². The van der Waals surface area contributed by atoms with Gasteiger partial charge in [-0.05, 0) is 5.56 Å². The first-order valence-electron chi connectivity index (χ1n) is 5.02. The number of rotatable bonds is 5. The molecule has 1 rings (SSSR count). The zero-order valence-corrected chi connectivity index (χ0v) is 9.27. The highest BCUT2D eigenvalue weighted by atomic mass is 16.5. The molecular formula is C12H17NO2. The van der Waals surface area contributed by atoms with Gasteiger partial charge in [0.25, 0.3) is 0 Å². The average molecular weight is 207 g/mol. The molecular weight excluding hydrogens is 190 g/mol. The number of hydrogen-bond donors (Lipinski definition) is 0. The van der Waals surface area contributed by atoms with Crippen molar-refractivity contribution in [3.05, 3.63) is 35.9 Å². The molecule has 0 fully saturated rings. The van der Waals surface area contributed by atoms with E-state index >= 15 is 0 Å². The van der Waals surface area contributed by atoms with E-state index < -0.39 is 0 Å². The number of amides is 1. The number of nitrogens with zero attached hydrogens (tertiary/aromatic N) is 1. The third kappa shape index (κ3) is 4.61. The Morgan fingerprint density at radius 1 is 1.27 bits per heavy atom. The summed E-state index contributed by atoms with van der Waals surface area (Å²) >= 11 is 0. The molecule has 0 N–H and O–H groups in total. The molecule has 1 aromatic carbocycles. The predicted molar refractivity (Wildman–Crippen MR) is 59.4 cm³/mol. The van der Waals surface area contributed by atoms with Crippen LogP contribution in [0.25, 0.3) is 0 Å². The first-order chi connectivity index (χ1) is 7.20. The monoisotopic (exact) mass is 207 g/mol. The highest BCUT2D eigenvalue weighted by molar-refractivity contribution is 5.75. The van der Waals surface area contributed by atoms with Crippen molar-refractivity contribution in [3.8, 4) is 0 Å². The van der Waals surface area contributed by atoms with E-state index in [0.717, 1.165) is 5.56 Å². The van der Waals surface area contributed by atoms with Crippen molar-refractivity contribution in [2.75, 3.05) is 20.7 Å². The van der Waals surface area contributed by atoms with E-state index in [1.165, 1.54) is 0 Å². The van der Waals surface area contributed by atoms with Crippen LogP contribution in [0.2, 0.25) is 0 Å². The molecule has 82 valence electrons. The van der Waals surface area contributed by atoms with Crippen LogP contribution in [0.4, 0.5) is 0 Å². The van der Waals surface area contributed by atoms with Gasteiger partial charge in [0.15, 0.2) is 0 Å². The smallest absolute Gasteiger partial charge is 0.224 e. The van der Waals surface area contributed by atoms with Gasteiger partial charge in [-0.1, -0.05) is 30.3 Å². The molecule has 0 radical (unpaired) electrons. The molecule has 0 spiro atoms. The molecule has 1 amide bonds. The number of carbonyl (C=O) groups is 1. The Morgan fingerprint density at radius 3 is 2.53 bits per heavy atom. The molecule has 0 aliphatic carbocycles. The van der Waals surface area contributed by atoms with Gasteiger partial charge in [0.1, 0.15) is 0 Å². The summed E-state index contributed by atoms with van der Waals surface area (Å²) in [5, 5.41) is 0. The lowest BCUT2D eigenvalue weighted by molar-refractivity contribution is -0.129. The molecule has 0 saturated heterocycles. The quantitative estimate of drug-likeness (QED) is 0.687. The molecule has 0 heterocycles. The molecule has 0 aromatic heterocycles. The largest absolute Gasteiger partial charge is 0.376 e. The summed E-state index contributed by atoms with van der Waals surface area (Å²) < 4.78 is 5.39. The Labute approximate surface area is 90.7 Å². The summed E-state index contributed by atoms with van der Waals surface area (Å²) in [6.07, 6.45) is 0.444. The summed E-state index contributed by atoms with van der Waals surface area (Å²) in [4.78, 5) is 12.8. The van der Waals surface area contributed by atoms with Crippen molar-refractivity contribution in [2.24, 2.45) is 0 Å². The second-order valence-electron chi connectivity index (χ2n) is 3.58. The van der Waals surface area contributed by atoms with Gasteiger partial charge in [-0.2, -0.15) is 0 Å². The van der Waals surface area contributed by atoms with E-state index in [4.69, 9.17) is 4.74 Å². The Balaban J connectivity index is 2.15. The van der Waals surface area contributed by atoms with Crippen LogP contribution in [0.1, 0.15) is 12.0 Å². The lowest BCUT2D eigenvalue weighted by Crippen LogP contribution is -2.22. The summed E-state index contributed by atoms with van der Waals surface area (Å²) in [6, 6.07) is 9.94. The normalized spacial score (nSPS) is 10.0. The molecule has 1 aromatic rings. The Morgan fingerprint density at radius 2 is 1.93 bits per heavy atom. The van der Waals surface area contributed by atoms with Crippen LogP contribution >= 0.6 is 0 Å². The maximum Gasteiger partial charge on any atom is 0.224 e. The van der Waals surface area contributed by atoms with Gasteiger partial charge < -0.3 is 9.64 Å². The van der Waals surface area contributed by atoms with Crippen molar-refractivity contribution < 1.29 is 9.53 Å². The van der Waals surface area contributed by atoms with Gasteiger partial charge in [-0.25, -0.2) is 0 Å². The maximum atomic E-state index is 11.2. The number of benzene rings is 1. The zero-order valence-electron chi connectivity index (χ0n) is 9.27. The van der Waals surface area contributed by atoms with Crippen molar-refractivity contribution in [3.63, 3.8) is 0 Å². The number of carbonyl (C=O) groups excluding carboxylic acids is 1. The van der Waals surface area contributed by atoms with Crippen LogP contribution < -0.4 is 0 Å².